The molecule has 0 saturated heterocycles. The quantitative estimate of drug-likeness (QED) is 0.316. The van der Waals surface area contributed by atoms with E-state index in [-0.39, 0.29) is 28.4 Å². The smallest absolute Gasteiger partial charge is 0.278 e. The SMILES string of the molecule is Cc1ccc(NC(=O)c2ccccc2)c(-c2nnc(SCC(=O)Nc3c(C)cccc3C)[nH]c2=O)c1. The van der Waals surface area contributed by atoms with Gasteiger partial charge >= 0.3 is 0 Å². The highest BCUT2D eigenvalue weighted by Gasteiger charge is 2.16. The molecule has 3 N–H and O–H groups in total. The zero-order chi connectivity index (χ0) is 25.7. The number of carbonyl (C=O) groups excluding carboxylic acids is 2. The van der Waals surface area contributed by atoms with Crippen LogP contribution in [0.4, 0.5) is 11.4 Å². The van der Waals surface area contributed by atoms with E-state index in [1.165, 1.54) is 0 Å². The summed E-state index contributed by atoms with van der Waals surface area (Å²) in [5, 5.41) is 14.2. The first kappa shape index (κ1) is 24.9. The molecule has 9 heteroatoms. The number of H-pyrrole nitrogens is 1. The number of hydrogen-bond acceptors (Lipinski definition) is 6. The number of nitrogens with zero attached hydrogens (tertiary/aromatic N) is 2. The summed E-state index contributed by atoms with van der Waals surface area (Å²) in [6.45, 7) is 5.74. The van der Waals surface area contributed by atoms with E-state index in [0.29, 0.717) is 16.8 Å². The van der Waals surface area contributed by atoms with Crippen molar-refractivity contribution in [3.05, 3.63) is 99.3 Å². The number of hydrogen-bond donors (Lipinski definition) is 3. The number of nitrogens with one attached hydrogen (secondary N) is 3. The molecular weight excluding hydrogens is 474 g/mol. The number of para-hydroxylation sites is 1. The van der Waals surface area contributed by atoms with Crippen molar-refractivity contribution in [3.63, 3.8) is 0 Å². The van der Waals surface area contributed by atoms with Crippen LogP contribution in [0, 0.1) is 20.8 Å². The van der Waals surface area contributed by atoms with Crippen LogP contribution in [0.1, 0.15) is 27.0 Å². The molecule has 182 valence electrons. The highest BCUT2D eigenvalue weighted by atomic mass is 32.2. The van der Waals surface area contributed by atoms with Gasteiger partial charge in [0.15, 0.2) is 10.9 Å². The summed E-state index contributed by atoms with van der Waals surface area (Å²) >= 11 is 1.08. The maximum absolute atomic E-state index is 12.9. The summed E-state index contributed by atoms with van der Waals surface area (Å²) in [4.78, 5) is 40.7. The van der Waals surface area contributed by atoms with E-state index in [4.69, 9.17) is 0 Å². The van der Waals surface area contributed by atoms with Gasteiger partial charge in [-0.2, -0.15) is 0 Å². The molecule has 0 radical (unpaired) electrons. The van der Waals surface area contributed by atoms with Gasteiger partial charge in [0, 0.05) is 16.8 Å². The second kappa shape index (κ2) is 11.0. The maximum Gasteiger partial charge on any atom is 0.278 e. The molecule has 1 aromatic heterocycles. The summed E-state index contributed by atoms with van der Waals surface area (Å²) in [6.07, 6.45) is 0. The average molecular weight is 500 g/mol. The molecule has 0 spiro atoms. The second-order valence-electron chi connectivity index (χ2n) is 8.28. The fourth-order valence-electron chi connectivity index (χ4n) is 3.63. The molecule has 0 saturated carbocycles. The zero-order valence-electron chi connectivity index (χ0n) is 20.1. The monoisotopic (exact) mass is 499 g/mol. The van der Waals surface area contributed by atoms with Crippen molar-refractivity contribution in [1.29, 1.82) is 0 Å². The van der Waals surface area contributed by atoms with Gasteiger partial charge in [-0.15, -0.1) is 10.2 Å². The normalized spacial score (nSPS) is 10.6. The molecule has 1 heterocycles. The lowest BCUT2D eigenvalue weighted by Gasteiger charge is -2.12. The molecule has 8 nitrogen and oxygen atoms in total. The third kappa shape index (κ3) is 5.87. The number of aryl methyl sites for hydroxylation is 3. The molecule has 2 amide bonds. The number of amides is 2. The molecule has 0 bridgehead atoms. The minimum atomic E-state index is -0.469. The van der Waals surface area contributed by atoms with Gasteiger partial charge in [0.2, 0.25) is 5.91 Å². The van der Waals surface area contributed by atoms with Gasteiger partial charge in [-0.3, -0.25) is 19.4 Å². The number of rotatable bonds is 7. The predicted molar refractivity (Wildman–Crippen MR) is 142 cm³/mol. The van der Waals surface area contributed by atoms with Gasteiger partial charge in [0.05, 0.1) is 11.4 Å². The van der Waals surface area contributed by atoms with E-state index in [9.17, 15) is 14.4 Å². The Labute approximate surface area is 212 Å². The largest absolute Gasteiger partial charge is 0.325 e. The van der Waals surface area contributed by atoms with Gasteiger partial charge < -0.3 is 10.6 Å². The number of benzene rings is 3. The standard InChI is InChI=1S/C27H25N5O3S/c1-16-12-13-21(28-25(34)19-10-5-4-6-11-19)20(14-16)24-26(35)30-27(32-31-24)36-15-22(33)29-23-17(2)8-7-9-18(23)3/h4-14H,15H2,1-3H3,(H,28,34)(H,29,33)(H,30,32,35). The Kier molecular flexibility index (Phi) is 7.60. The van der Waals surface area contributed by atoms with E-state index >= 15 is 0 Å². The van der Waals surface area contributed by atoms with Crippen molar-refractivity contribution in [1.82, 2.24) is 15.2 Å². The average Bonchev–Trinajstić information content (AvgIpc) is 2.87. The van der Waals surface area contributed by atoms with Crippen molar-refractivity contribution in [2.45, 2.75) is 25.9 Å². The molecule has 36 heavy (non-hydrogen) atoms. The van der Waals surface area contributed by atoms with Gasteiger partial charge in [-0.1, -0.05) is 59.8 Å². The lowest BCUT2D eigenvalue weighted by atomic mass is 10.1. The lowest BCUT2D eigenvalue weighted by molar-refractivity contribution is -0.113. The van der Waals surface area contributed by atoms with Gasteiger partial charge in [-0.25, -0.2) is 0 Å². The van der Waals surface area contributed by atoms with Crippen molar-refractivity contribution in [3.8, 4) is 11.3 Å². The number of aromatic nitrogens is 3. The highest BCUT2D eigenvalue weighted by Crippen LogP contribution is 2.26. The molecule has 0 unspecified atom stereocenters. The molecule has 0 fully saturated rings. The lowest BCUT2D eigenvalue weighted by Crippen LogP contribution is -2.19. The summed E-state index contributed by atoms with van der Waals surface area (Å²) in [7, 11) is 0. The number of thioether (sulfide) groups is 1. The Morgan fingerprint density at radius 2 is 1.61 bits per heavy atom. The van der Waals surface area contributed by atoms with Gasteiger partial charge in [-0.05, 0) is 56.2 Å². The number of aromatic amines is 1. The van der Waals surface area contributed by atoms with Crippen molar-refractivity contribution >= 4 is 35.0 Å². The fourth-order valence-corrected chi connectivity index (χ4v) is 4.23. The fraction of sp³-hybridized carbons (Fsp3) is 0.148. The van der Waals surface area contributed by atoms with Crippen LogP contribution in [0.3, 0.4) is 0 Å². The van der Waals surface area contributed by atoms with Crippen molar-refractivity contribution in [2.75, 3.05) is 16.4 Å². The van der Waals surface area contributed by atoms with E-state index < -0.39 is 5.56 Å². The summed E-state index contributed by atoms with van der Waals surface area (Å²) in [6, 6.07) is 19.9. The Balaban J connectivity index is 1.50. The van der Waals surface area contributed by atoms with Crippen LogP contribution in [0.2, 0.25) is 0 Å². The molecule has 0 aliphatic carbocycles. The van der Waals surface area contributed by atoms with E-state index in [1.54, 1.807) is 36.4 Å². The molecule has 0 aliphatic heterocycles. The summed E-state index contributed by atoms with van der Waals surface area (Å²) in [5.41, 5.74) is 4.62. The second-order valence-corrected chi connectivity index (χ2v) is 9.24. The summed E-state index contributed by atoms with van der Waals surface area (Å²) < 4.78 is 0. The van der Waals surface area contributed by atoms with E-state index in [2.05, 4.69) is 25.8 Å². The first-order valence-electron chi connectivity index (χ1n) is 11.2. The molecule has 0 aliphatic rings. The minimum Gasteiger partial charge on any atom is -0.325 e. The Morgan fingerprint density at radius 3 is 2.31 bits per heavy atom. The van der Waals surface area contributed by atoms with Crippen molar-refractivity contribution < 1.29 is 9.59 Å². The maximum atomic E-state index is 12.9. The first-order valence-corrected chi connectivity index (χ1v) is 12.2. The van der Waals surface area contributed by atoms with Crippen LogP contribution in [0.25, 0.3) is 11.3 Å². The minimum absolute atomic E-state index is 0.0561. The van der Waals surface area contributed by atoms with Crippen LogP contribution in [-0.2, 0) is 4.79 Å². The van der Waals surface area contributed by atoms with Crippen LogP contribution in [0.15, 0.2) is 76.7 Å². The van der Waals surface area contributed by atoms with E-state index in [0.717, 1.165) is 34.1 Å². The molecule has 4 aromatic rings. The highest BCUT2D eigenvalue weighted by molar-refractivity contribution is 7.99. The van der Waals surface area contributed by atoms with Crippen molar-refractivity contribution in [2.24, 2.45) is 0 Å². The Morgan fingerprint density at radius 1 is 0.889 bits per heavy atom. The third-order valence-corrected chi connectivity index (χ3v) is 6.34. The van der Waals surface area contributed by atoms with Gasteiger partial charge in [0.1, 0.15) is 0 Å². The van der Waals surface area contributed by atoms with Crippen LogP contribution in [0.5, 0.6) is 0 Å². The predicted octanol–water partition coefficient (Wildman–Crippen LogP) is 4.74. The zero-order valence-corrected chi connectivity index (χ0v) is 20.9. The third-order valence-electron chi connectivity index (χ3n) is 5.48. The molecule has 4 rings (SSSR count). The first-order chi connectivity index (χ1) is 17.3. The Hall–Kier alpha value is -4.24. The summed E-state index contributed by atoms with van der Waals surface area (Å²) in [5.74, 6) is -0.457. The topological polar surface area (TPSA) is 117 Å². The van der Waals surface area contributed by atoms with E-state index in [1.807, 2.05) is 51.1 Å². The number of carbonyl (C=O) groups is 2. The molecule has 0 atom stereocenters. The van der Waals surface area contributed by atoms with Crippen LogP contribution < -0.4 is 16.2 Å². The molecule has 3 aromatic carbocycles. The van der Waals surface area contributed by atoms with Gasteiger partial charge in [0.25, 0.3) is 11.5 Å². The molecular formula is C27H25N5O3S. The Bertz CT molecular complexity index is 1460. The van der Waals surface area contributed by atoms with Crippen LogP contribution in [-0.4, -0.2) is 32.7 Å². The van der Waals surface area contributed by atoms with Crippen LogP contribution >= 0.6 is 11.8 Å². The number of anilines is 2.